The van der Waals surface area contributed by atoms with Crippen LogP contribution in [0, 0.1) is 0 Å². The van der Waals surface area contributed by atoms with Crippen molar-refractivity contribution in [2.75, 3.05) is 0 Å². The van der Waals surface area contributed by atoms with Crippen LogP contribution >= 0.6 is 11.3 Å². The lowest BCUT2D eigenvalue weighted by molar-refractivity contribution is -0.136. The normalized spacial score (nSPS) is 11.2. The molecule has 0 radical (unpaired) electrons. The topological polar surface area (TPSA) is 50.2 Å². The number of fused-ring (bicyclic) bond motifs is 1. The van der Waals surface area contributed by atoms with E-state index in [0.717, 1.165) is 15.2 Å². The molecule has 0 saturated heterocycles. The number of aliphatic carboxylic acids is 1. The van der Waals surface area contributed by atoms with E-state index in [2.05, 4.69) is 31.0 Å². The minimum absolute atomic E-state index is 0.150. The Hall–Kier alpha value is -1.42. The van der Waals surface area contributed by atoms with Gasteiger partial charge in [-0.1, -0.05) is 19.9 Å². The Morgan fingerprint density at radius 3 is 2.88 bits per heavy atom. The maximum atomic E-state index is 10.5. The van der Waals surface area contributed by atoms with Crippen molar-refractivity contribution in [1.82, 2.24) is 4.98 Å². The fourth-order valence-corrected chi connectivity index (χ4v) is 2.68. The van der Waals surface area contributed by atoms with Crippen molar-refractivity contribution in [3.05, 3.63) is 28.8 Å². The first-order valence-electron chi connectivity index (χ1n) is 5.67. The lowest BCUT2D eigenvalue weighted by Crippen LogP contribution is -1.96. The number of carbonyl (C=O) groups is 1. The van der Waals surface area contributed by atoms with Crippen molar-refractivity contribution < 1.29 is 9.90 Å². The van der Waals surface area contributed by atoms with Gasteiger partial charge in [0, 0.05) is 6.42 Å². The Morgan fingerprint density at radius 2 is 2.24 bits per heavy atom. The minimum Gasteiger partial charge on any atom is -0.481 e. The highest BCUT2D eigenvalue weighted by molar-refractivity contribution is 7.18. The molecule has 3 nitrogen and oxygen atoms in total. The number of carboxylic acids is 1. The van der Waals surface area contributed by atoms with Crippen LogP contribution in [-0.4, -0.2) is 16.1 Å². The molecule has 0 atom stereocenters. The smallest absolute Gasteiger partial charge is 0.303 e. The third kappa shape index (κ3) is 2.82. The van der Waals surface area contributed by atoms with Crippen LogP contribution in [0.4, 0.5) is 0 Å². The van der Waals surface area contributed by atoms with E-state index >= 15 is 0 Å². The summed E-state index contributed by atoms with van der Waals surface area (Å²) in [4.78, 5) is 14.9. The number of carboxylic acid groups (broad SMARTS) is 1. The minimum atomic E-state index is -0.771. The highest BCUT2D eigenvalue weighted by Crippen LogP contribution is 2.26. The van der Waals surface area contributed by atoms with Crippen LogP contribution in [0.1, 0.15) is 36.8 Å². The van der Waals surface area contributed by atoms with Gasteiger partial charge in [0.2, 0.25) is 0 Å². The number of hydrogen-bond donors (Lipinski definition) is 1. The number of benzene rings is 1. The second-order valence-electron chi connectivity index (χ2n) is 4.38. The number of hydrogen-bond acceptors (Lipinski definition) is 3. The Morgan fingerprint density at radius 1 is 1.47 bits per heavy atom. The van der Waals surface area contributed by atoms with Gasteiger partial charge in [-0.2, -0.15) is 0 Å². The molecule has 1 aromatic heterocycles. The standard InChI is InChI=1S/C13H15NO2S/c1-8(2)9-3-4-10-11(7-9)17-12(14-10)5-6-13(15)16/h3-4,7-8H,5-6H2,1-2H3,(H,15,16). The van der Waals surface area contributed by atoms with Crippen LogP contribution < -0.4 is 0 Å². The summed E-state index contributed by atoms with van der Waals surface area (Å²) in [5.41, 5.74) is 2.27. The van der Waals surface area contributed by atoms with Crippen molar-refractivity contribution in [3.63, 3.8) is 0 Å². The maximum Gasteiger partial charge on any atom is 0.303 e. The summed E-state index contributed by atoms with van der Waals surface area (Å²) in [6.45, 7) is 4.32. The molecule has 1 N–H and O–H groups in total. The summed E-state index contributed by atoms with van der Waals surface area (Å²) < 4.78 is 1.15. The van der Waals surface area contributed by atoms with Gasteiger partial charge in [0.1, 0.15) is 0 Å². The molecule has 2 rings (SSSR count). The van der Waals surface area contributed by atoms with Gasteiger partial charge in [-0.15, -0.1) is 11.3 Å². The van der Waals surface area contributed by atoms with E-state index in [1.807, 2.05) is 6.07 Å². The van der Waals surface area contributed by atoms with Gasteiger partial charge < -0.3 is 5.11 Å². The zero-order valence-electron chi connectivity index (χ0n) is 9.93. The molecule has 2 aromatic rings. The van der Waals surface area contributed by atoms with Crippen LogP contribution in [0.15, 0.2) is 18.2 Å². The molecule has 90 valence electrons. The summed E-state index contributed by atoms with van der Waals surface area (Å²) in [6.07, 6.45) is 0.669. The van der Waals surface area contributed by atoms with E-state index in [1.54, 1.807) is 11.3 Å². The van der Waals surface area contributed by atoms with Gasteiger partial charge >= 0.3 is 5.97 Å². The van der Waals surface area contributed by atoms with E-state index in [9.17, 15) is 4.79 Å². The first-order valence-corrected chi connectivity index (χ1v) is 6.49. The maximum absolute atomic E-state index is 10.5. The average molecular weight is 249 g/mol. The monoisotopic (exact) mass is 249 g/mol. The van der Waals surface area contributed by atoms with Crippen molar-refractivity contribution in [2.45, 2.75) is 32.6 Å². The molecule has 0 aliphatic heterocycles. The fraction of sp³-hybridized carbons (Fsp3) is 0.385. The van der Waals surface area contributed by atoms with E-state index in [0.29, 0.717) is 12.3 Å². The van der Waals surface area contributed by atoms with Gasteiger partial charge in [0.05, 0.1) is 21.6 Å². The van der Waals surface area contributed by atoms with Crippen LogP contribution in [-0.2, 0) is 11.2 Å². The number of aryl methyl sites for hydroxylation is 1. The van der Waals surface area contributed by atoms with E-state index in [1.165, 1.54) is 5.56 Å². The molecule has 0 bridgehead atoms. The summed E-state index contributed by atoms with van der Waals surface area (Å²) in [5.74, 6) is -0.268. The van der Waals surface area contributed by atoms with Gasteiger partial charge in [-0.25, -0.2) is 4.98 Å². The second kappa shape index (κ2) is 4.84. The molecule has 0 aliphatic rings. The van der Waals surface area contributed by atoms with Gasteiger partial charge in [0.25, 0.3) is 0 Å². The summed E-state index contributed by atoms with van der Waals surface area (Å²) in [7, 11) is 0. The van der Waals surface area contributed by atoms with Crippen LogP contribution in [0.2, 0.25) is 0 Å². The van der Waals surface area contributed by atoms with Crippen molar-refractivity contribution in [1.29, 1.82) is 0 Å². The highest BCUT2D eigenvalue weighted by Gasteiger charge is 2.07. The molecular weight excluding hydrogens is 234 g/mol. The predicted octanol–water partition coefficient (Wildman–Crippen LogP) is 3.44. The molecule has 1 heterocycles. The second-order valence-corrected chi connectivity index (χ2v) is 5.50. The summed E-state index contributed by atoms with van der Waals surface area (Å²) in [5, 5.41) is 9.55. The molecule has 17 heavy (non-hydrogen) atoms. The molecule has 4 heteroatoms. The lowest BCUT2D eigenvalue weighted by Gasteiger charge is -2.03. The Kier molecular flexibility index (Phi) is 3.43. The first-order chi connectivity index (χ1) is 8.06. The van der Waals surface area contributed by atoms with Crippen LogP contribution in [0.5, 0.6) is 0 Å². The number of aromatic nitrogens is 1. The summed E-state index contributed by atoms with van der Waals surface area (Å²) in [6, 6.07) is 6.26. The Balaban J connectivity index is 2.27. The molecule has 0 amide bonds. The number of nitrogens with zero attached hydrogens (tertiary/aromatic N) is 1. The molecule has 0 saturated carbocycles. The van der Waals surface area contributed by atoms with Gasteiger partial charge in [-0.3, -0.25) is 4.79 Å². The van der Waals surface area contributed by atoms with Crippen molar-refractivity contribution in [2.24, 2.45) is 0 Å². The van der Waals surface area contributed by atoms with E-state index in [4.69, 9.17) is 5.11 Å². The quantitative estimate of drug-likeness (QED) is 0.903. The highest BCUT2D eigenvalue weighted by atomic mass is 32.1. The summed E-state index contributed by atoms with van der Waals surface area (Å²) >= 11 is 1.60. The zero-order chi connectivity index (χ0) is 12.4. The zero-order valence-corrected chi connectivity index (χ0v) is 10.8. The van der Waals surface area contributed by atoms with Crippen molar-refractivity contribution in [3.8, 4) is 0 Å². The number of thiazole rings is 1. The van der Waals surface area contributed by atoms with E-state index < -0.39 is 5.97 Å². The predicted molar refractivity (Wildman–Crippen MR) is 69.7 cm³/mol. The molecular formula is C13H15NO2S. The molecule has 0 unspecified atom stereocenters. The van der Waals surface area contributed by atoms with Crippen LogP contribution in [0.25, 0.3) is 10.2 Å². The molecule has 0 fully saturated rings. The Labute approximate surface area is 104 Å². The molecule has 0 spiro atoms. The van der Waals surface area contributed by atoms with Crippen LogP contribution in [0.3, 0.4) is 0 Å². The SMILES string of the molecule is CC(C)c1ccc2nc(CCC(=O)O)sc2c1. The molecule has 0 aliphatic carbocycles. The molecule has 1 aromatic carbocycles. The Bertz CT molecular complexity index is 545. The first kappa shape index (κ1) is 12.0. The third-order valence-corrected chi connectivity index (χ3v) is 3.75. The average Bonchev–Trinajstić information content (AvgIpc) is 2.67. The third-order valence-electron chi connectivity index (χ3n) is 2.68. The largest absolute Gasteiger partial charge is 0.481 e. The van der Waals surface area contributed by atoms with Crippen molar-refractivity contribution >= 4 is 27.5 Å². The fourth-order valence-electron chi connectivity index (χ4n) is 1.67. The van der Waals surface area contributed by atoms with Gasteiger partial charge in [-0.05, 0) is 23.6 Å². The van der Waals surface area contributed by atoms with Gasteiger partial charge in [0.15, 0.2) is 0 Å². The number of rotatable bonds is 4. The lowest BCUT2D eigenvalue weighted by atomic mass is 10.0. The van der Waals surface area contributed by atoms with E-state index in [-0.39, 0.29) is 6.42 Å².